The standard InChI is InChI=1S/C22H20N2O3/c25-22(19-5-8-21-18(12-19)9-11-26-21)24-14-16-3-6-20(7-4-16)27-15-17-2-1-10-23-13-17/h1-8,10,12-13H,9,11,14-15H2,(H,24,25). The van der Waals surface area contributed by atoms with Crippen LogP contribution in [0.1, 0.15) is 27.0 Å². The average molecular weight is 360 g/mol. The van der Waals surface area contributed by atoms with Gasteiger partial charge in [-0.25, -0.2) is 0 Å². The maximum Gasteiger partial charge on any atom is 0.251 e. The van der Waals surface area contributed by atoms with Crippen LogP contribution < -0.4 is 14.8 Å². The van der Waals surface area contributed by atoms with Crippen LogP contribution in [0.2, 0.25) is 0 Å². The Morgan fingerprint density at radius 1 is 1.11 bits per heavy atom. The van der Waals surface area contributed by atoms with Gasteiger partial charge < -0.3 is 14.8 Å². The normalized spacial score (nSPS) is 12.1. The number of amides is 1. The highest BCUT2D eigenvalue weighted by Crippen LogP contribution is 2.25. The molecule has 1 aliphatic rings. The van der Waals surface area contributed by atoms with Gasteiger partial charge in [-0.3, -0.25) is 9.78 Å². The summed E-state index contributed by atoms with van der Waals surface area (Å²) >= 11 is 0. The molecule has 5 nitrogen and oxygen atoms in total. The second-order valence-electron chi connectivity index (χ2n) is 6.40. The number of carbonyl (C=O) groups excluding carboxylic acids is 1. The number of pyridine rings is 1. The molecule has 0 bridgehead atoms. The van der Waals surface area contributed by atoms with Gasteiger partial charge in [0.1, 0.15) is 18.1 Å². The summed E-state index contributed by atoms with van der Waals surface area (Å²) in [4.78, 5) is 16.4. The molecule has 5 heteroatoms. The number of rotatable bonds is 6. The minimum absolute atomic E-state index is 0.0818. The third-order valence-electron chi connectivity index (χ3n) is 4.46. The first kappa shape index (κ1) is 17.1. The molecule has 0 saturated carbocycles. The molecule has 0 radical (unpaired) electrons. The van der Waals surface area contributed by atoms with E-state index in [0.29, 0.717) is 25.3 Å². The van der Waals surface area contributed by atoms with Crippen LogP contribution in [-0.2, 0) is 19.6 Å². The first-order valence-electron chi connectivity index (χ1n) is 8.92. The molecule has 1 amide bonds. The van der Waals surface area contributed by atoms with Crippen LogP contribution in [0.4, 0.5) is 0 Å². The van der Waals surface area contributed by atoms with E-state index in [2.05, 4.69) is 10.3 Å². The fourth-order valence-corrected chi connectivity index (χ4v) is 2.97. The summed E-state index contributed by atoms with van der Waals surface area (Å²) in [5.41, 5.74) is 3.79. The molecule has 1 aliphatic heterocycles. The van der Waals surface area contributed by atoms with Gasteiger partial charge in [0, 0.05) is 36.5 Å². The lowest BCUT2D eigenvalue weighted by Crippen LogP contribution is -2.22. The van der Waals surface area contributed by atoms with Crippen molar-refractivity contribution in [3.63, 3.8) is 0 Å². The van der Waals surface area contributed by atoms with Crippen LogP contribution in [-0.4, -0.2) is 17.5 Å². The van der Waals surface area contributed by atoms with Crippen molar-refractivity contribution in [1.29, 1.82) is 0 Å². The zero-order valence-corrected chi connectivity index (χ0v) is 14.9. The summed E-state index contributed by atoms with van der Waals surface area (Å²) in [5.74, 6) is 1.59. The molecular formula is C22H20N2O3. The molecule has 0 fully saturated rings. The smallest absolute Gasteiger partial charge is 0.251 e. The van der Waals surface area contributed by atoms with Crippen LogP contribution in [0.25, 0.3) is 0 Å². The minimum Gasteiger partial charge on any atom is -0.493 e. The largest absolute Gasteiger partial charge is 0.493 e. The predicted molar refractivity (Wildman–Crippen MR) is 102 cm³/mol. The van der Waals surface area contributed by atoms with Crippen molar-refractivity contribution in [3.05, 3.63) is 89.2 Å². The first-order valence-corrected chi connectivity index (χ1v) is 8.92. The molecule has 2 heterocycles. The van der Waals surface area contributed by atoms with Crippen molar-refractivity contribution < 1.29 is 14.3 Å². The quantitative estimate of drug-likeness (QED) is 0.731. The van der Waals surface area contributed by atoms with Crippen LogP contribution >= 0.6 is 0 Å². The molecule has 4 rings (SSSR count). The Hall–Kier alpha value is -3.34. The third kappa shape index (κ3) is 4.26. The molecular weight excluding hydrogens is 340 g/mol. The van der Waals surface area contributed by atoms with Crippen LogP contribution in [0.15, 0.2) is 67.0 Å². The fourth-order valence-electron chi connectivity index (χ4n) is 2.97. The molecule has 2 aromatic carbocycles. The second-order valence-corrected chi connectivity index (χ2v) is 6.40. The van der Waals surface area contributed by atoms with E-state index < -0.39 is 0 Å². The number of hydrogen-bond acceptors (Lipinski definition) is 4. The van der Waals surface area contributed by atoms with Gasteiger partial charge >= 0.3 is 0 Å². The maximum atomic E-state index is 12.4. The van der Waals surface area contributed by atoms with Crippen molar-refractivity contribution in [2.45, 2.75) is 19.6 Å². The van der Waals surface area contributed by atoms with Gasteiger partial charge in [0.05, 0.1) is 6.61 Å². The van der Waals surface area contributed by atoms with E-state index >= 15 is 0 Å². The Labute approximate surface area is 158 Å². The summed E-state index contributed by atoms with van der Waals surface area (Å²) in [6, 6.07) is 17.2. The Morgan fingerprint density at radius 2 is 2.00 bits per heavy atom. The van der Waals surface area contributed by atoms with E-state index in [4.69, 9.17) is 9.47 Å². The summed E-state index contributed by atoms with van der Waals surface area (Å²) in [7, 11) is 0. The van der Waals surface area contributed by atoms with Crippen LogP contribution in [0, 0.1) is 0 Å². The van der Waals surface area contributed by atoms with Crippen molar-refractivity contribution >= 4 is 5.91 Å². The summed E-state index contributed by atoms with van der Waals surface area (Å²) in [6.45, 7) is 1.64. The van der Waals surface area contributed by atoms with Gasteiger partial charge in [-0.1, -0.05) is 18.2 Å². The molecule has 0 atom stereocenters. The van der Waals surface area contributed by atoms with Gasteiger partial charge in [0.25, 0.3) is 5.91 Å². The minimum atomic E-state index is -0.0818. The van der Waals surface area contributed by atoms with Gasteiger partial charge in [0.2, 0.25) is 0 Å². The topological polar surface area (TPSA) is 60.5 Å². The summed E-state index contributed by atoms with van der Waals surface area (Å²) in [6.07, 6.45) is 4.38. The molecule has 136 valence electrons. The van der Waals surface area contributed by atoms with Gasteiger partial charge in [-0.2, -0.15) is 0 Å². The van der Waals surface area contributed by atoms with Crippen LogP contribution in [0.3, 0.4) is 0 Å². The number of nitrogens with one attached hydrogen (secondary N) is 1. The zero-order chi connectivity index (χ0) is 18.5. The molecule has 1 aromatic heterocycles. The average Bonchev–Trinajstić information content (AvgIpc) is 3.20. The zero-order valence-electron chi connectivity index (χ0n) is 14.9. The maximum absolute atomic E-state index is 12.4. The van der Waals surface area contributed by atoms with Gasteiger partial charge in [0.15, 0.2) is 0 Å². The SMILES string of the molecule is O=C(NCc1ccc(OCc2cccnc2)cc1)c1ccc2c(c1)CCO2. The Balaban J connectivity index is 1.30. The number of ether oxygens (including phenoxy) is 2. The number of fused-ring (bicyclic) bond motifs is 1. The first-order chi connectivity index (χ1) is 13.3. The van der Waals surface area contributed by atoms with E-state index in [1.54, 1.807) is 18.5 Å². The van der Waals surface area contributed by atoms with Crippen molar-refractivity contribution in [2.24, 2.45) is 0 Å². The lowest BCUT2D eigenvalue weighted by molar-refractivity contribution is 0.0951. The highest BCUT2D eigenvalue weighted by Gasteiger charge is 2.14. The Kier molecular flexibility index (Phi) is 5.01. The van der Waals surface area contributed by atoms with E-state index in [-0.39, 0.29) is 5.91 Å². The molecule has 27 heavy (non-hydrogen) atoms. The molecule has 1 N–H and O–H groups in total. The van der Waals surface area contributed by atoms with Gasteiger partial charge in [-0.15, -0.1) is 0 Å². The predicted octanol–water partition coefficient (Wildman–Crippen LogP) is 3.53. The number of carbonyl (C=O) groups is 1. The highest BCUT2D eigenvalue weighted by atomic mass is 16.5. The number of nitrogens with zero attached hydrogens (tertiary/aromatic N) is 1. The number of hydrogen-bond donors (Lipinski definition) is 1. The van der Waals surface area contributed by atoms with Crippen molar-refractivity contribution in [1.82, 2.24) is 10.3 Å². The van der Waals surface area contributed by atoms with Crippen LogP contribution in [0.5, 0.6) is 11.5 Å². The fraction of sp³-hybridized carbons (Fsp3) is 0.182. The Bertz CT molecular complexity index is 924. The molecule has 0 spiro atoms. The molecule has 0 aliphatic carbocycles. The number of aromatic nitrogens is 1. The molecule has 3 aromatic rings. The summed E-state index contributed by atoms with van der Waals surface area (Å²) in [5, 5.41) is 2.95. The van der Waals surface area contributed by atoms with Gasteiger partial charge in [-0.05, 0) is 47.5 Å². The highest BCUT2D eigenvalue weighted by molar-refractivity contribution is 5.94. The third-order valence-corrected chi connectivity index (χ3v) is 4.46. The molecule has 0 unspecified atom stereocenters. The van der Waals surface area contributed by atoms with Crippen molar-refractivity contribution in [2.75, 3.05) is 6.61 Å². The monoisotopic (exact) mass is 360 g/mol. The van der Waals surface area contributed by atoms with E-state index in [1.165, 1.54) is 0 Å². The number of benzene rings is 2. The Morgan fingerprint density at radius 3 is 2.81 bits per heavy atom. The van der Waals surface area contributed by atoms with E-state index in [1.807, 2.05) is 48.5 Å². The second kappa shape index (κ2) is 7.91. The van der Waals surface area contributed by atoms with E-state index in [0.717, 1.165) is 34.6 Å². The van der Waals surface area contributed by atoms with E-state index in [9.17, 15) is 4.79 Å². The summed E-state index contributed by atoms with van der Waals surface area (Å²) < 4.78 is 11.2. The molecule has 0 saturated heterocycles. The lowest BCUT2D eigenvalue weighted by Gasteiger charge is -2.09. The lowest BCUT2D eigenvalue weighted by atomic mass is 10.1. The van der Waals surface area contributed by atoms with Crippen molar-refractivity contribution in [3.8, 4) is 11.5 Å².